The van der Waals surface area contributed by atoms with E-state index < -0.39 is 0 Å². The number of fused-ring (bicyclic) bond motifs is 1. The Balaban J connectivity index is 1.66. The van der Waals surface area contributed by atoms with Gasteiger partial charge in [-0.2, -0.15) is 0 Å². The lowest BCUT2D eigenvalue weighted by Gasteiger charge is -2.32. The predicted molar refractivity (Wildman–Crippen MR) is 93.9 cm³/mol. The molecule has 2 heterocycles. The Morgan fingerprint density at radius 2 is 1.96 bits per heavy atom. The van der Waals surface area contributed by atoms with E-state index in [2.05, 4.69) is 10.2 Å². The van der Waals surface area contributed by atoms with Crippen molar-refractivity contribution in [2.75, 3.05) is 26.7 Å². The summed E-state index contributed by atoms with van der Waals surface area (Å²) in [6.07, 6.45) is 4.93. The molecule has 0 aromatic heterocycles. The highest BCUT2D eigenvalue weighted by Crippen LogP contribution is 2.38. The summed E-state index contributed by atoms with van der Waals surface area (Å²) in [4.78, 5) is 15.1. The quantitative estimate of drug-likeness (QED) is 0.870. The van der Waals surface area contributed by atoms with Gasteiger partial charge in [-0.15, -0.1) is 0 Å². The maximum absolute atomic E-state index is 12.6. The predicted octanol–water partition coefficient (Wildman–Crippen LogP) is 2.84. The number of amides is 1. The van der Waals surface area contributed by atoms with Crippen LogP contribution in [0.1, 0.15) is 49.9 Å². The third-order valence-electron chi connectivity index (χ3n) is 5.18. The van der Waals surface area contributed by atoms with Gasteiger partial charge in [0.2, 0.25) is 0 Å². The molecule has 0 saturated carbocycles. The molecule has 5 heteroatoms. The van der Waals surface area contributed by atoms with Gasteiger partial charge in [-0.05, 0) is 70.8 Å². The van der Waals surface area contributed by atoms with Crippen LogP contribution in [0.2, 0.25) is 0 Å². The van der Waals surface area contributed by atoms with Crippen molar-refractivity contribution in [3.63, 3.8) is 0 Å². The van der Waals surface area contributed by atoms with Crippen molar-refractivity contribution in [3.05, 3.63) is 23.8 Å². The molecule has 0 radical (unpaired) electrons. The van der Waals surface area contributed by atoms with Crippen molar-refractivity contribution in [1.82, 2.24) is 10.2 Å². The summed E-state index contributed by atoms with van der Waals surface area (Å²) in [7, 11) is 1.60. The van der Waals surface area contributed by atoms with E-state index in [1.807, 2.05) is 19.9 Å². The summed E-state index contributed by atoms with van der Waals surface area (Å²) in [6, 6.07) is 5.36. The zero-order chi connectivity index (χ0) is 17.2. The van der Waals surface area contributed by atoms with Crippen LogP contribution in [0, 0.1) is 0 Å². The van der Waals surface area contributed by atoms with E-state index in [1.54, 1.807) is 19.2 Å². The van der Waals surface area contributed by atoms with Crippen LogP contribution in [0.3, 0.4) is 0 Å². The lowest BCUT2D eigenvalue weighted by Crippen LogP contribution is -2.48. The Kier molecular flexibility index (Phi) is 4.99. The smallest absolute Gasteiger partial charge is 0.251 e. The van der Waals surface area contributed by atoms with E-state index >= 15 is 0 Å². The van der Waals surface area contributed by atoms with Crippen molar-refractivity contribution in [2.45, 2.75) is 51.2 Å². The molecule has 1 N–H and O–H groups in total. The Bertz CT molecular complexity index is 590. The largest absolute Gasteiger partial charge is 0.493 e. The summed E-state index contributed by atoms with van der Waals surface area (Å²) in [5, 5.41) is 3.14. The second-order valence-corrected chi connectivity index (χ2v) is 7.13. The van der Waals surface area contributed by atoms with Crippen LogP contribution in [-0.2, 0) is 0 Å². The van der Waals surface area contributed by atoms with Crippen LogP contribution in [0.5, 0.6) is 11.5 Å². The number of carbonyl (C=O) groups is 1. The zero-order valence-electron chi connectivity index (χ0n) is 14.9. The average Bonchev–Trinajstić information content (AvgIpc) is 3.12. The van der Waals surface area contributed by atoms with Crippen LogP contribution in [0.4, 0.5) is 0 Å². The molecule has 2 fully saturated rings. The van der Waals surface area contributed by atoms with Crippen LogP contribution in [-0.4, -0.2) is 49.2 Å². The molecule has 2 aliphatic heterocycles. The topological polar surface area (TPSA) is 50.8 Å². The van der Waals surface area contributed by atoms with Crippen LogP contribution in [0.15, 0.2) is 18.2 Å². The number of benzene rings is 1. The number of carbonyl (C=O) groups excluding carboxylic acids is 1. The fourth-order valence-corrected chi connectivity index (χ4v) is 4.02. The maximum Gasteiger partial charge on any atom is 0.251 e. The van der Waals surface area contributed by atoms with Crippen molar-refractivity contribution in [1.29, 1.82) is 0 Å². The summed E-state index contributed by atoms with van der Waals surface area (Å²) in [5.41, 5.74) is 0.808. The summed E-state index contributed by atoms with van der Waals surface area (Å²) in [5.74, 6) is 1.22. The van der Waals surface area contributed by atoms with Gasteiger partial charge in [0, 0.05) is 17.6 Å². The molecule has 3 rings (SSSR count). The van der Waals surface area contributed by atoms with Crippen molar-refractivity contribution < 1.29 is 14.3 Å². The van der Waals surface area contributed by atoms with Gasteiger partial charge in [0.25, 0.3) is 5.91 Å². The highest BCUT2D eigenvalue weighted by Gasteiger charge is 2.44. The fraction of sp³-hybridized carbons (Fsp3) is 0.632. The number of nitrogens with zero attached hydrogens (tertiary/aromatic N) is 1. The minimum absolute atomic E-state index is 0.0440. The molecule has 0 unspecified atom stereocenters. The molecule has 2 aliphatic rings. The van der Waals surface area contributed by atoms with Gasteiger partial charge in [0.05, 0.1) is 13.2 Å². The minimum atomic E-state index is -0.0440. The maximum atomic E-state index is 12.6. The minimum Gasteiger partial charge on any atom is -0.493 e. The normalized spacial score (nSPS) is 19.3. The van der Waals surface area contributed by atoms with Crippen LogP contribution >= 0.6 is 0 Å². The molecule has 24 heavy (non-hydrogen) atoms. The third kappa shape index (κ3) is 3.36. The van der Waals surface area contributed by atoms with E-state index in [0.29, 0.717) is 17.1 Å². The van der Waals surface area contributed by atoms with Gasteiger partial charge in [0.1, 0.15) is 0 Å². The van der Waals surface area contributed by atoms with Gasteiger partial charge in [-0.3, -0.25) is 9.69 Å². The molecule has 2 saturated heterocycles. The molecule has 0 spiro atoms. The second kappa shape index (κ2) is 7.01. The van der Waals surface area contributed by atoms with Gasteiger partial charge in [-0.25, -0.2) is 0 Å². The fourth-order valence-electron chi connectivity index (χ4n) is 4.02. The number of nitrogens with one attached hydrogen (secondary N) is 1. The first-order valence-electron chi connectivity index (χ1n) is 8.92. The monoisotopic (exact) mass is 332 g/mol. The SMILES string of the molecule is COc1cc(C(=O)NCC23CCCN2CCC3)ccc1OC(C)C. The molecule has 132 valence electrons. The Labute approximate surface area is 144 Å². The molecule has 0 bridgehead atoms. The average molecular weight is 332 g/mol. The molecular formula is C19H28N2O3. The first-order valence-corrected chi connectivity index (χ1v) is 8.92. The summed E-state index contributed by atoms with van der Waals surface area (Å²) in [6.45, 7) is 7.01. The second-order valence-electron chi connectivity index (χ2n) is 7.13. The summed E-state index contributed by atoms with van der Waals surface area (Å²) < 4.78 is 11.1. The molecule has 0 atom stereocenters. The number of hydrogen-bond donors (Lipinski definition) is 1. The van der Waals surface area contributed by atoms with Crippen molar-refractivity contribution in [2.24, 2.45) is 0 Å². The van der Waals surface area contributed by atoms with E-state index in [-0.39, 0.29) is 17.6 Å². The lowest BCUT2D eigenvalue weighted by molar-refractivity contribution is 0.0919. The van der Waals surface area contributed by atoms with Gasteiger partial charge < -0.3 is 14.8 Å². The van der Waals surface area contributed by atoms with Crippen molar-refractivity contribution in [3.8, 4) is 11.5 Å². The first kappa shape index (κ1) is 17.1. The standard InChI is InChI=1S/C19H28N2O3/c1-14(2)24-16-7-6-15(12-17(16)23-3)18(22)20-13-19-8-4-10-21(19)11-5-9-19/h6-7,12,14H,4-5,8-11,13H2,1-3H3,(H,20,22). The first-order chi connectivity index (χ1) is 11.5. The molecular weight excluding hydrogens is 304 g/mol. The Morgan fingerprint density at radius 3 is 2.58 bits per heavy atom. The third-order valence-corrected chi connectivity index (χ3v) is 5.18. The van der Waals surface area contributed by atoms with Gasteiger partial charge in [-0.1, -0.05) is 0 Å². The lowest BCUT2D eigenvalue weighted by atomic mass is 9.94. The highest BCUT2D eigenvalue weighted by atomic mass is 16.5. The molecule has 5 nitrogen and oxygen atoms in total. The number of hydrogen-bond acceptors (Lipinski definition) is 4. The van der Waals surface area contributed by atoms with Crippen LogP contribution in [0.25, 0.3) is 0 Å². The zero-order valence-corrected chi connectivity index (χ0v) is 14.9. The number of rotatable bonds is 6. The van der Waals surface area contributed by atoms with Crippen molar-refractivity contribution >= 4 is 5.91 Å². The van der Waals surface area contributed by atoms with E-state index in [9.17, 15) is 4.79 Å². The van der Waals surface area contributed by atoms with E-state index in [1.165, 1.54) is 38.8 Å². The van der Waals surface area contributed by atoms with E-state index in [0.717, 1.165) is 6.54 Å². The van der Waals surface area contributed by atoms with Gasteiger partial charge in [0.15, 0.2) is 11.5 Å². The molecule has 1 aromatic carbocycles. The molecule has 1 amide bonds. The Hall–Kier alpha value is -1.75. The summed E-state index contributed by atoms with van der Waals surface area (Å²) >= 11 is 0. The number of ether oxygens (including phenoxy) is 2. The highest BCUT2D eigenvalue weighted by molar-refractivity contribution is 5.95. The number of methoxy groups -OCH3 is 1. The van der Waals surface area contributed by atoms with Crippen LogP contribution < -0.4 is 14.8 Å². The molecule has 1 aromatic rings. The Morgan fingerprint density at radius 1 is 1.25 bits per heavy atom. The van der Waals surface area contributed by atoms with Gasteiger partial charge >= 0.3 is 0 Å². The van der Waals surface area contributed by atoms with E-state index in [4.69, 9.17) is 9.47 Å². The molecule has 0 aliphatic carbocycles.